The molecule has 2 aromatic rings. The second-order valence-electron chi connectivity index (χ2n) is 5.68. The zero-order valence-corrected chi connectivity index (χ0v) is 13.2. The minimum absolute atomic E-state index is 0.182. The second-order valence-corrected chi connectivity index (χ2v) is 6.05. The molecule has 0 bridgehead atoms. The van der Waals surface area contributed by atoms with Gasteiger partial charge in [-0.1, -0.05) is 29.8 Å². The molecule has 0 saturated carbocycles. The van der Waals surface area contributed by atoms with Crippen molar-refractivity contribution in [3.05, 3.63) is 35.0 Å². The van der Waals surface area contributed by atoms with E-state index in [4.69, 9.17) is 16.3 Å². The van der Waals surface area contributed by atoms with Crippen molar-refractivity contribution < 1.29 is 14.3 Å². The van der Waals surface area contributed by atoms with Crippen LogP contribution in [0.1, 0.15) is 32.5 Å². The molecule has 0 radical (unpaired) electrons. The van der Waals surface area contributed by atoms with Crippen molar-refractivity contribution in [3.63, 3.8) is 0 Å². The molecule has 0 saturated heterocycles. The summed E-state index contributed by atoms with van der Waals surface area (Å²) < 4.78 is 5.12. The molecule has 1 aromatic carbocycles. The molecule has 22 heavy (non-hydrogen) atoms. The Bertz CT molecular complexity index is 713. The molecule has 1 unspecified atom stereocenters. The molecule has 0 aliphatic carbocycles. The molecule has 6 nitrogen and oxygen atoms in total. The number of rotatable bonds is 3. The van der Waals surface area contributed by atoms with Crippen molar-refractivity contribution in [1.82, 2.24) is 15.5 Å². The van der Waals surface area contributed by atoms with Crippen molar-refractivity contribution in [1.29, 1.82) is 0 Å². The average Bonchev–Trinajstić information content (AvgIpc) is 2.44. The van der Waals surface area contributed by atoms with Crippen LogP contribution < -0.4 is 5.32 Å². The number of benzene rings is 1. The quantitative estimate of drug-likeness (QED) is 0.879. The van der Waals surface area contributed by atoms with Crippen LogP contribution in [0.4, 0.5) is 4.79 Å². The Kier molecular flexibility index (Phi) is 4.61. The number of nitrogens with one attached hydrogen (secondary N) is 1. The lowest BCUT2D eigenvalue weighted by molar-refractivity contribution is -0.109. The number of carbonyl (C=O) groups is 2. The SMILES string of the molecule is CC(C)(C)OC(=O)NC(C=O)c1nnc2ccccc2c1Cl. The van der Waals surface area contributed by atoms with Crippen LogP contribution in [0.5, 0.6) is 0 Å². The van der Waals surface area contributed by atoms with Crippen LogP contribution in [-0.4, -0.2) is 28.2 Å². The maximum Gasteiger partial charge on any atom is 0.408 e. The summed E-state index contributed by atoms with van der Waals surface area (Å²) in [4.78, 5) is 23.1. The number of halogens is 1. The van der Waals surface area contributed by atoms with Gasteiger partial charge >= 0.3 is 6.09 Å². The zero-order valence-electron chi connectivity index (χ0n) is 12.5. The Labute approximate surface area is 132 Å². The number of carbonyl (C=O) groups excluding carboxylic acids is 2. The van der Waals surface area contributed by atoms with E-state index in [0.717, 1.165) is 0 Å². The summed E-state index contributed by atoms with van der Waals surface area (Å²) >= 11 is 6.28. The highest BCUT2D eigenvalue weighted by atomic mass is 35.5. The molecular weight excluding hydrogens is 306 g/mol. The number of fused-ring (bicyclic) bond motifs is 1. The molecule has 0 spiro atoms. The standard InChI is InChI=1S/C15H16ClN3O3/c1-15(2,3)22-14(21)17-11(8-20)13-12(16)9-6-4-5-7-10(9)18-19-13/h4-8,11H,1-3H3,(H,17,21). The zero-order chi connectivity index (χ0) is 16.3. The van der Waals surface area contributed by atoms with Crippen LogP contribution in [0.15, 0.2) is 24.3 Å². The van der Waals surface area contributed by atoms with Gasteiger partial charge in [0, 0.05) is 5.39 Å². The number of aldehydes is 1. The summed E-state index contributed by atoms with van der Waals surface area (Å²) in [5.74, 6) is 0. The van der Waals surface area contributed by atoms with Gasteiger partial charge in [-0.2, -0.15) is 10.2 Å². The molecule has 1 N–H and O–H groups in total. The lowest BCUT2D eigenvalue weighted by atomic mass is 10.1. The van der Waals surface area contributed by atoms with E-state index >= 15 is 0 Å². The number of hydrogen-bond acceptors (Lipinski definition) is 5. The van der Waals surface area contributed by atoms with E-state index in [2.05, 4.69) is 15.5 Å². The number of aromatic nitrogens is 2. The van der Waals surface area contributed by atoms with Crippen molar-refractivity contribution in [2.45, 2.75) is 32.4 Å². The van der Waals surface area contributed by atoms with Crippen LogP contribution in [-0.2, 0) is 9.53 Å². The Morgan fingerprint density at radius 3 is 2.64 bits per heavy atom. The lowest BCUT2D eigenvalue weighted by Gasteiger charge is -2.21. The molecule has 1 amide bonds. The van der Waals surface area contributed by atoms with Gasteiger partial charge in [0.25, 0.3) is 0 Å². The summed E-state index contributed by atoms with van der Waals surface area (Å²) in [5, 5.41) is 11.3. The fourth-order valence-electron chi connectivity index (χ4n) is 1.84. The van der Waals surface area contributed by atoms with Gasteiger partial charge in [-0.25, -0.2) is 4.79 Å². The van der Waals surface area contributed by atoms with Gasteiger partial charge in [0.15, 0.2) is 0 Å². The normalized spacial score (nSPS) is 12.7. The Hall–Kier alpha value is -2.21. The van der Waals surface area contributed by atoms with E-state index in [1.165, 1.54) is 0 Å². The number of alkyl carbamates (subject to hydrolysis) is 1. The first kappa shape index (κ1) is 16.2. The lowest BCUT2D eigenvalue weighted by Crippen LogP contribution is -2.36. The Morgan fingerprint density at radius 1 is 1.32 bits per heavy atom. The van der Waals surface area contributed by atoms with Crippen LogP contribution >= 0.6 is 11.6 Å². The highest BCUT2D eigenvalue weighted by Gasteiger charge is 2.23. The Balaban J connectivity index is 2.30. The van der Waals surface area contributed by atoms with Crippen LogP contribution in [0.25, 0.3) is 10.9 Å². The molecule has 1 aromatic heterocycles. The number of hydrogen-bond donors (Lipinski definition) is 1. The molecule has 2 rings (SSSR count). The molecule has 0 aliphatic rings. The third-order valence-electron chi connectivity index (χ3n) is 2.73. The average molecular weight is 322 g/mol. The van der Waals surface area contributed by atoms with Gasteiger partial charge in [0.05, 0.1) is 10.5 Å². The third-order valence-corrected chi connectivity index (χ3v) is 3.13. The molecule has 116 valence electrons. The summed E-state index contributed by atoms with van der Waals surface area (Å²) in [6.45, 7) is 5.18. The monoisotopic (exact) mass is 321 g/mol. The summed E-state index contributed by atoms with van der Waals surface area (Å²) in [5.41, 5.74) is 0.121. The van der Waals surface area contributed by atoms with E-state index < -0.39 is 17.7 Å². The molecule has 1 atom stereocenters. The third kappa shape index (κ3) is 3.71. The maximum absolute atomic E-state index is 11.8. The highest BCUT2D eigenvalue weighted by Crippen LogP contribution is 2.27. The van der Waals surface area contributed by atoms with Crippen molar-refractivity contribution in [2.75, 3.05) is 0 Å². The topological polar surface area (TPSA) is 81.2 Å². The summed E-state index contributed by atoms with van der Waals surface area (Å²) in [6.07, 6.45) is -0.190. The smallest absolute Gasteiger partial charge is 0.408 e. The van der Waals surface area contributed by atoms with Crippen LogP contribution in [0.2, 0.25) is 5.02 Å². The molecule has 1 heterocycles. The molecule has 0 aliphatic heterocycles. The summed E-state index contributed by atoms with van der Waals surface area (Å²) in [6, 6.07) is 6.11. The largest absolute Gasteiger partial charge is 0.444 e. The first-order valence-corrected chi connectivity index (χ1v) is 7.05. The van der Waals surface area contributed by atoms with E-state index in [-0.39, 0.29) is 10.7 Å². The molecule has 7 heteroatoms. The number of ether oxygens (including phenoxy) is 1. The maximum atomic E-state index is 11.8. The van der Waals surface area contributed by atoms with Gasteiger partial charge in [-0.05, 0) is 26.8 Å². The van der Waals surface area contributed by atoms with E-state index in [1.807, 2.05) is 6.07 Å². The van der Waals surface area contributed by atoms with Gasteiger partial charge in [-0.15, -0.1) is 0 Å². The van der Waals surface area contributed by atoms with Crippen molar-refractivity contribution in [2.24, 2.45) is 0 Å². The minimum Gasteiger partial charge on any atom is -0.444 e. The molecular formula is C15H16ClN3O3. The minimum atomic E-state index is -1.03. The van der Waals surface area contributed by atoms with Gasteiger partial charge in [0.2, 0.25) is 0 Å². The Morgan fingerprint density at radius 2 is 2.00 bits per heavy atom. The van der Waals surface area contributed by atoms with Crippen LogP contribution in [0, 0.1) is 0 Å². The van der Waals surface area contributed by atoms with Crippen molar-refractivity contribution in [3.8, 4) is 0 Å². The van der Waals surface area contributed by atoms with E-state index in [9.17, 15) is 9.59 Å². The van der Waals surface area contributed by atoms with Crippen LogP contribution in [0.3, 0.4) is 0 Å². The van der Waals surface area contributed by atoms with Gasteiger partial charge < -0.3 is 14.8 Å². The van der Waals surface area contributed by atoms with E-state index in [0.29, 0.717) is 17.2 Å². The highest BCUT2D eigenvalue weighted by molar-refractivity contribution is 6.36. The predicted molar refractivity (Wildman–Crippen MR) is 82.7 cm³/mol. The number of amides is 1. The first-order valence-electron chi connectivity index (χ1n) is 6.67. The summed E-state index contributed by atoms with van der Waals surface area (Å²) in [7, 11) is 0. The fraction of sp³-hybridized carbons (Fsp3) is 0.333. The van der Waals surface area contributed by atoms with E-state index in [1.54, 1.807) is 39.0 Å². The predicted octanol–water partition coefficient (Wildman–Crippen LogP) is 3.05. The van der Waals surface area contributed by atoms with Gasteiger partial charge in [-0.3, -0.25) is 0 Å². The molecule has 0 fully saturated rings. The van der Waals surface area contributed by atoms with Gasteiger partial charge in [0.1, 0.15) is 23.6 Å². The van der Waals surface area contributed by atoms with Crippen molar-refractivity contribution >= 4 is 34.9 Å². The fourth-order valence-corrected chi connectivity index (χ4v) is 2.15. The number of nitrogens with zero attached hydrogens (tertiary/aromatic N) is 2. The second kappa shape index (κ2) is 6.27. The first-order chi connectivity index (χ1) is 10.3.